The van der Waals surface area contributed by atoms with Crippen molar-refractivity contribution < 1.29 is 29.3 Å². The minimum atomic E-state index is -1.35. The molecule has 0 radical (unpaired) electrons. The van der Waals surface area contributed by atoms with E-state index in [-0.39, 0.29) is 6.42 Å². The normalized spacial score (nSPS) is 10.8. The number of unbranched alkanes of at least 4 members (excludes halogenated alkanes) is 2. The molecule has 6 nitrogen and oxygen atoms in total. The highest BCUT2D eigenvalue weighted by Crippen LogP contribution is 2.28. The van der Waals surface area contributed by atoms with Gasteiger partial charge in [-0.15, -0.1) is 0 Å². The topological polar surface area (TPSA) is 101 Å². The Labute approximate surface area is 145 Å². The second kappa shape index (κ2) is 8.82. The Morgan fingerprint density at radius 3 is 2.28 bits per heavy atom. The molecule has 2 rings (SSSR count). The van der Waals surface area contributed by atoms with Gasteiger partial charge >= 0.3 is 11.9 Å². The average Bonchev–Trinajstić information content (AvgIpc) is 2.60. The summed E-state index contributed by atoms with van der Waals surface area (Å²) in [6.45, 7) is 0.440. The SMILES string of the molecule is O=Cc1ccc(OCCCCCC(C(=O)O)C(=O)O)c2ccccc12. The van der Waals surface area contributed by atoms with Gasteiger partial charge in [0.25, 0.3) is 0 Å². The van der Waals surface area contributed by atoms with Crippen molar-refractivity contribution in [3.05, 3.63) is 42.0 Å². The fourth-order valence-electron chi connectivity index (χ4n) is 2.69. The highest BCUT2D eigenvalue weighted by molar-refractivity contribution is 6.00. The van der Waals surface area contributed by atoms with E-state index in [2.05, 4.69) is 0 Å². The van der Waals surface area contributed by atoms with Crippen molar-refractivity contribution in [2.24, 2.45) is 5.92 Å². The lowest BCUT2D eigenvalue weighted by Gasteiger charge is -2.11. The van der Waals surface area contributed by atoms with Crippen LogP contribution in [0.15, 0.2) is 36.4 Å². The van der Waals surface area contributed by atoms with Crippen LogP contribution in [0.5, 0.6) is 5.75 Å². The number of carbonyl (C=O) groups is 3. The molecule has 0 aromatic heterocycles. The van der Waals surface area contributed by atoms with Gasteiger partial charge in [0, 0.05) is 10.9 Å². The average molecular weight is 344 g/mol. The van der Waals surface area contributed by atoms with Gasteiger partial charge in [-0.05, 0) is 30.4 Å². The number of aldehydes is 1. The highest BCUT2D eigenvalue weighted by atomic mass is 16.5. The summed E-state index contributed by atoms with van der Waals surface area (Å²) >= 11 is 0. The van der Waals surface area contributed by atoms with Gasteiger partial charge in [0.05, 0.1) is 6.61 Å². The summed E-state index contributed by atoms with van der Waals surface area (Å²) in [5.41, 5.74) is 0.608. The molecule has 0 unspecified atom stereocenters. The summed E-state index contributed by atoms with van der Waals surface area (Å²) in [6.07, 6.45) is 2.81. The predicted molar refractivity (Wildman–Crippen MR) is 92.1 cm³/mol. The third-order valence-corrected chi connectivity index (χ3v) is 4.04. The number of hydrogen-bond donors (Lipinski definition) is 2. The Kier molecular flexibility index (Phi) is 6.51. The number of carboxylic acids is 2. The molecule has 0 bridgehead atoms. The van der Waals surface area contributed by atoms with Gasteiger partial charge in [-0.3, -0.25) is 14.4 Å². The first-order valence-electron chi connectivity index (χ1n) is 8.10. The van der Waals surface area contributed by atoms with E-state index in [0.717, 1.165) is 17.1 Å². The van der Waals surface area contributed by atoms with E-state index >= 15 is 0 Å². The van der Waals surface area contributed by atoms with Crippen LogP contribution in [-0.2, 0) is 9.59 Å². The summed E-state index contributed by atoms with van der Waals surface area (Å²) in [7, 11) is 0. The molecule has 0 heterocycles. The van der Waals surface area contributed by atoms with Gasteiger partial charge in [-0.1, -0.05) is 37.1 Å². The monoisotopic (exact) mass is 344 g/mol. The van der Waals surface area contributed by atoms with Gasteiger partial charge in [0.15, 0.2) is 12.2 Å². The van der Waals surface area contributed by atoms with Crippen LogP contribution in [0.1, 0.15) is 36.0 Å². The Morgan fingerprint density at radius 1 is 0.960 bits per heavy atom. The number of hydrogen-bond acceptors (Lipinski definition) is 4. The van der Waals surface area contributed by atoms with Crippen molar-refractivity contribution in [3.8, 4) is 5.75 Å². The van der Waals surface area contributed by atoms with E-state index in [1.807, 2.05) is 24.3 Å². The third kappa shape index (κ3) is 4.79. The van der Waals surface area contributed by atoms with Gasteiger partial charge in [-0.2, -0.15) is 0 Å². The van der Waals surface area contributed by atoms with Crippen LogP contribution >= 0.6 is 0 Å². The number of aliphatic carboxylic acids is 2. The van der Waals surface area contributed by atoms with Crippen LogP contribution in [0, 0.1) is 5.92 Å². The first kappa shape index (κ1) is 18.4. The molecule has 2 aromatic carbocycles. The first-order chi connectivity index (χ1) is 12.0. The van der Waals surface area contributed by atoms with Crippen LogP contribution < -0.4 is 4.74 Å². The van der Waals surface area contributed by atoms with Crippen molar-refractivity contribution >= 4 is 29.0 Å². The van der Waals surface area contributed by atoms with Crippen LogP contribution in [0.4, 0.5) is 0 Å². The minimum Gasteiger partial charge on any atom is -0.493 e. The fraction of sp³-hybridized carbons (Fsp3) is 0.316. The molecule has 0 atom stereocenters. The van der Waals surface area contributed by atoms with Crippen molar-refractivity contribution in [2.75, 3.05) is 6.61 Å². The Hall–Kier alpha value is -2.89. The Bertz CT molecular complexity index is 754. The molecule has 6 heteroatoms. The number of carboxylic acid groups (broad SMARTS) is 2. The zero-order valence-corrected chi connectivity index (χ0v) is 13.7. The van der Waals surface area contributed by atoms with E-state index in [4.69, 9.17) is 14.9 Å². The lowest BCUT2D eigenvalue weighted by molar-refractivity contribution is -0.154. The summed E-state index contributed by atoms with van der Waals surface area (Å²) in [4.78, 5) is 32.7. The molecule has 0 aliphatic heterocycles. The fourth-order valence-corrected chi connectivity index (χ4v) is 2.69. The first-order valence-corrected chi connectivity index (χ1v) is 8.10. The number of fused-ring (bicyclic) bond motifs is 1. The van der Waals surface area contributed by atoms with E-state index in [1.165, 1.54) is 0 Å². The zero-order chi connectivity index (χ0) is 18.2. The predicted octanol–water partition coefficient (Wildman–Crippen LogP) is 3.38. The zero-order valence-electron chi connectivity index (χ0n) is 13.7. The molecule has 2 N–H and O–H groups in total. The molecule has 0 saturated carbocycles. The molecule has 0 aliphatic rings. The smallest absolute Gasteiger partial charge is 0.317 e. The standard InChI is InChI=1S/C19H20O6/c20-12-13-9-10-17(15-7-4-3-6-14(13)15)25-11-5-1-2-8-16(18(21)22)19(23)24/h3-4,6-7,9-10,12,16H,1-2,5,8,11H2,(H,21,22)(H,23,24). The molecule has 0 saturated heterocycles. The van der Waals surface area contributed by atoms with Crippen molar-refractivity contribution in [2.45, 2.75) is 25.7 Å². The summed E-state index contributed by atoms with van der Waals surface area (Å²) in [5, 5.41) is 19.3. The minimum absolute atomic E-state index is 0.113. The van der Waals surface area contributed by atoms with E-state index in [9.17, 15) is 14.4 Å². The summed E-state index contributed by atoms with van der Waals surface area (Å²) < 4.78 is 5.77. The van der Waals surface area contributed by atoms with Crippen LogP contribution in [0.3, 0.4) is 0 Å². The lowest BCUT2D eigenvalue weighted by atomic mass is 10.0. The van der Waals surface area contributed by atoms with Crippen LogP contribution in [0.25, 0.3) is 10.8 Å². The third-order valence-electron chi connectivity index (χ3n) is 4.04. The molecule has 0 fully saturated rings. The molecule has 25 heavy (non-hydrogen) atoms. The van der Waals surface area contributed by atoms with Gasteiger partial charge in [-0.25, -0.2) is 0 Å². The van der Waals surface area contributed by atoms with Gasteiger partial charge < -0.3 is 14.9 Å². The largest absolute Gasteiger partial charge is 0.493 e. The second-order valence-electron chi connectivity index (χ2n) is 5.74. The van der Waals surface area contributed by atoms with Crippen molar-refractivity contribution in [3.63, 3.8) is 0 Å². The number of benzene rings is 2. The Balaban J connectivity index is 1.85. The maximum Gasteiger partial charge on any atom is 0.317 e. The Morgan fingerprint density at radius 2 is 1.64 bits per heavy atom. The maximum absolute atomic E-state index is 11.1. The second-order valence-corrected chi connectivity index (χ2v) is 5.74. The lowest BCUT2D eigenvalue weighted by Crippen LogP contribution is -2.23. The van der Waals surface area contributed by atoms with E-state index in [0.29, 0.717) is 37.2 Å². The van der Waals surface area contributed by atoms with Crippen molar-refractivity contribution in [1.29, 1.82) is 0 Å². The molecular weight excluding hydrogens is 324 g/mol. The van der Waals surface area contributed by atoms with Gasteiger partial charge in [0.2, 0.25) is 0 Å². The van der Waals surface area contributed by atoms with Gasteiger partial charge in [0.1, 0.15) is 5.75 Å². The molecule has 0 spiro atoms. The van der Waals surface area contributed by atoms with Crippen LogP contribution in [0.2, 0.25) is 0 Å². The number of carbonyl (C=O) groups excluding carboxylic acids is 1. The number of ether oxygens (including phenoxy) is 1. The highest BCUT2D eigenvalue weighted by Gasteiger charge is 2.24. The summed E-state index contributed by atoms with van der Waals surface area (Å²) in [5.74, 6) is -3.26. The van der Waals surface area contributed by atoms with E-state index < -0.39 is 17.9 Å². The molecule has 0 amide bonds. The quantitative estimate of drug-likeness (QED) is 0.389. The maximum atomic E-state index is 11.1. The van der Waals surface area contributed by atoms with Crippen LogP contribution in [-0.4, -0.2) is 35.0 Å². The molecule has 0 aliphatic carbocycles. The molecule has 2 aromatic rings. The molecular formula is C19H20O6. The summed E-state index contributed by atoms with van der Waals surface area (Å²) in [6, 6.07) is 11.0. The van der Waals surface area contributed by atoms with Crippen molar-refractivity contribution in [1.82, 2.24) is 0 Å². The van der Waals surface area contributed by atoms with E-state index in [1.54, 1.807) is 12.1 Å². The number of rotatable bonds is 10. The molecule has 132 valence electrons.